The van der Waals surface area contributed by atoms with Crippen LogP contribution in [0, 0.1) is 6.92 Å². The third kappa shape index (κ3) is 3.66. The Balaban J connectivity index is 1.65. The number of carbonyl (C=O) groups is 1. The molecule has 3 rings (SSSR count). The van der Waals surface area contributed by atoms with Crippen molar-refractivity contribution in [3.05, 3.63) is 41.9 Å². The standard InChI is InChI=1S/C18H25N5O2/c1-4-23-14(2)11-15(20-23)17(24)21(3)12-18(25)8-10-22(13-18)16-7-5-6-9-19-16/h5-7,9,11,25H,4,8,10,12-13H2,1-3H3/t18-/m1/s1. The predicted octanol–water partition coefficient (Wildman–Crippen LogP) is 1.32. The second-order valence-electron chi connectivity index (χ2n) is 6.73. The summed E-state index contributed by atoms with van der Waals surface area (Å²) in [4.78, 5) is 20.6. The Kier molecular flexibility index (Phi) is 4.76. The van der Waals surface area contributed by atoms with Gasteiger partial charge in [-0.1, -0.05) is 6.07 Å². The van der Waals surface area contributed by atoms with E-state index in [1.54, 1.807) is 28.9 Å². The van der Waals surface area contributed by atoms with E-state index >= 15 is 0 Å². The molecule has 1 atom stereocenters. The highest BCUT2D eigenvalue weighted by molar-refractivity contribution is 5.92. The van der Waals surface area contributed by atoms with Crippen LogP contribution in [0.5, 0.6) is 0 Å². The molecule has 1 N–H and O–H groups in total. The van der Waals surface area contributed by atoms with Crippen LogP contribution in [-0.2, 0) is 6.54 Å². The summed E-state index contributed by atoms with van der Waals surface area (Å²) in [5.74, 6) is 0.685. The van der Waals surface area contributed by atoms with E-state index in [4.69, 9.17) is 0 Å². The maximum Gasteiger partial charge on any atom is 0.274 e. The summed E-state index contributed by atoms with van der Waals surface area (Å²) in [6.07, 6.45) is 2.35. The third-order valence-corrected chi connectivity index (χ3v) is 4.68. The third-order valence-electron chi connectivity index (χ3n) is 4.68. The molecule has 0 aliphatic carbocycles. The number of anilines is 1. The molecule has 134 valence electrons. The lowest BCUT2D eigenvalue weighted by molar-refractivity contribution is 0.0261. The van der Waals surface area contributed by atoms with Crippen molar-refractivity contribution < 1.29 is 9.90 Å². The number of β-amino-alcohol motifs (C(OH)–C–C–N with tert-alkyl or cyclic N) is 1. The summed E-state index contributed by atoms with van der Waals surface area (Å²) in [7, 11) is 1.71. The normalized spacial score (nSPS) is 20.1. The molecule has 25 heavy (non-hydrogen) atoms. The number of pyridine rings is 1. The van der Waals surface area contributed by atoms with Gasteiger partial charge in [0, 0.05) is 38.6 Å². The minimum absolute atomic E-state index is 0.167. The van der Waals surface area contributed by atoms with Gasteiger partial charge in [-0.15, -0.1) is 0 Å². The number of carbonyl (C=O) groups excluding carboxylic acids is 1. The summed E-state index contributed by atoms with van der Waals surface area (Å²) >= 11 is 0. The van der Waals surface area contributed by atoms with Crippen molar-refractivity contribution in [1.29, 1.82) is 0 Å². The second-order valence-corrected chi connectivity index (χ2v) is 6.73. The minimum atomic E-state index is -0.940. The van der Waals surface area contributed by atoms with Gasteiger partial charge >= 0.3 is 0 Å². The summed E-state index contributed by atoms with van der Waals surface area (Å²) in [5, 5.41) is 15.2. The van der Waals surface area contributed by atoms with Crippen molar-refractivity contribution in [3.8, 4) is 0 Å². The summed E-state index contributed by atoms with van der Waals surface area (Å²) in [6, 6.07) is 7.53. The molecule has 1 saturated heterocycles. The molecule has 2 aromatic rings. The monoisotopic (exact) mass is 343 g/mol. The maximum absolute atomic E-state index is 12.6. The van der Waals surface area contributed by atoms with Crippen LogP contribution in [0.2, 0.25) is 0 Å². The molecule has 0 bridgehead atoms. The van der Waals surface area contributed by atoms with Crippen LogP contribution in [0.15, 0.2) is 30.5 Å². The zero-order valence-corrected chi connectivity index (χ0v) is 15.0. The molecule has 1 aliphatic heterocycles. The number of aliphatic hydroxyl groups is 1. The van der Waals surface area contributed by atoms with Crippen LogP contribution in [0.25, 0.3) is 0 Å². The Bertz CT molecular complexity index is 745. The number of rotatable bonds is 5. The smallest absolute Gasteiger partial charge is 0.274 e. The quantitative estimate of drug-likeness (QED) is 0.886. The van der Waals surface area contributed by atoms with E-state index in [0.717, 1.165) is 24.6 Å². The Morgan fingerprint density at radius 1 is 1.44 bits per heavy atom. The predicted molar refractivity (Wildman–Crippen MR) is 95.6 cm³/mol. The number of aryl methyl sites for hydroxylation is 2. The summed E-state index contributed by atoms with van der Waals surface area (Å²) in [6.45, 7) is 6.11. The lowest BCUT2D eigenvalue weighted by atomic mass is 10.0. The first-order valence-corrected chi connectivity index (χ1v) is 8.60. The average molecular weight is 343 g/mol. The largest absolute Gasteiger partial charge is 0.386 e. The van der Waals surface area contributed by atoms with Crippen LogP contribution in [0.1, 0.15) is 29.5 Å². The van der Waals surface area contributed by atoms with Crippen molar-refractivity contribution in [3.63, 3.8) is 0 Å². The summed E-state index contributed by atoms with van der Waals surface area (Å²) < 4.78 is 1.80. The lowest BCUT2D eigenvalue weighted by Crippen LogP contribution is -2.46. The molecule has 0 aromatic carbocycles. The highest BCUT2D eigenvalue weighted by Gasteiger charge is 2.38. The van der Waals surface area contributed by atoms with E-state index in [1.807, 2.05) is 36.9 Å². The topological polar surface area (TPSA) is 74.5 Å². The molecule has 3 heterocycles. The number of likely N-dealkylation sites (N-methyl/N-ethyl adjacent to an activating group) is 1. The Labute approximate surface area is 147 Å². The van der Waals surface area contributed by atoms with Gasteiger partial charge in [-0.25, -0.2) is 4.98 Å². The highest BCUT2D eigenvalue weighted by Crippen LogP contribution is 2.26. The van der Waals surface area contributed by atoms with Crippen molar-refractivity contribution in [2.24, 2.45) is 0 Å². The Morgan fingerprint density at radius 3 is 2.88 bits per heavy atom. The number of hydrogen-bond acceptors (Lipinski definition) is 5. The van der Waals surface area contributed by atoms with Gasteiger partial charge in [0.25, 0.3) is 5.91 Å². The number of amides is 1. The zero-order chi connectivity index (χ0) is 18.0. The minimum Gasteiger partial charge on any atom is -0.386 e. The fourth-order valence-electron chi connectivity index (χ4n) is 3.37. The van der Waals surface area contributed by atoms with Crippen molar-refractivity contribution in [1.82, 2.24) is 19.7 Å². The van der Waals surface area contributed by atoms with Crippen LogP contribution >= 0.6 is 0 Å². The first-order valence-electron chi connectivity index (χ1n) is 8.60. The van der Waals surface area contributed by atoms with E-state index in [1.165, 1.54) is 0 Å². The van der Waals surface area contributed by atoms with Crippen LogP contribution in [0.4, 0.5) is 5.82 Å². The van der Waals surface area contributed by atoms with E-state index in [0.29, 0.717) is 18.7 Å². The van der Waals surface area contributed by atoms with Crippen molar-refractivity contribution in [2.45, 2.75) is 32.4 Å². The second kappa shape index (κ2) is 6.84. The van der Waals surface area contributed by atoms with E-state index in [2.05, 4.69) is 10.1 Å². The molecular formula is C18H25N5O2. The van der Waals surface area contributed by atoms with Crippen LogP contribution in [0.3, 0.4) is 0 Å². The summed E-state index contributed by atoms with van der Waals surface area (Å²) in [5.41, 5.74) is 0.440. The van der Waals surface area contributed by atoms with E-state index in [9.17, 15) is 9.90 Å². The first-order chi connectivity index (χ1) is 11.9. The van der Waals surface area contributed by atoms with Crippen molar-refractivity contribution in [2.75, 3.05) is 31.6 Å². The van der Waals surface area contributed by atoms with Gasteiger partial charge in [-0.05, 0) is 38.5 Å². The lowest BCUT2D eigenvalue weighted by Gasteiger charge is -2.28. The Hall–Kier alpha value is -2.41. The van der Waals surface area contributed by atoms with Gasteiger partial charge in [0.15, 0.2) is 5.69 Å². The van der Waals surface area contributed by atoms with E-state index < -0.39 is 5.60 Å². The van der Waals surface area contributed by atoms with Gasteiger partial charge in [0.05, 0.1) is 6.54 Å². The molecule has 0 saturated carbocycles. The molecule has 0 radical (unpaired) electrons. The Morgan fingerprint density at radius 2 is 2.24 bits per heavy atom. The van der Waals surface area contributed by atoms with Gasteiger partial charge in [-0.2, -0.15) is 5.10 Å². The number of hydrogen-bond donors (Lipinski definition) is 1. The van der Waals surface area contributed by atoms with Gasteiger partial charge in [0.1, 0.15) is 11.4 Å². The van der Waals surface area contributed by atoms with Gasteiger partial charge in [-0.3, -0.25) is 9.48 Å². The molecule has 7 nitrogen and oxygen atoms in total. The molecule has 1 aliphatic rings. The molecule has 7 heteroatoms. The molecule has 0 unspecified atom stereocenters. The average Bonchev–Trinajstić information content (AvgIpc) is 3.18. The molecule has 1 amide bonds. The van der Waals surface area contributed by atoms with Gasteiger partial charge < -0.3 is 14.9 Å². The molecule has 1 fully saturated rings. The number of aromatic nitrogens is 3. The van der Waals surface area contributed by atoms with Crippen LogP contribution < -0.4 is 4.90 Å². The number of nitrogens with zero attached hydrogens (tertiary/aromatic N) is 5. The highest BCUT2D eigenvalue weighted by atomic mass is 16.3. The molecular weight excluding hydrogens is 318 g/mol. The maximum atomic E-state index is 12.6. The van der Waals surface area contributed by atoms with E-state index in [-0.39, 0.29) is 12.5 Å². The van der Waals surface area contributed by atoms with Gasteiger partial charge in [0.2, 0.25) is 0 Å². The zero-order valence-electron chi connectivity index (χ0n) is 15.0. The van der Waals surface area contributed by atoms with Crippen molar-refractivity contribution >= 4 is 11.7 Å². The molecule has 2 aromatic heterocycles. The van der Waals surface area contributed by atoms with Crippen LogP contribution in [-0.4, -0.2) is 63.0 Å². The SMILES string of the molecule is CCn1nc(C(=O)N(C)C[C@]2(O)CCN(c3ccccn3)C2)cc1C. The first kappa shape index (κ1) is 17.4. The fraction of sp³-hybridized carbons (Fsp3) is 0.500. The fourth-order valence-corrected chi connectivity index (χ4v) is 3.37. The molecule has 0 spiro atoms.